The van der Waals surface area contributed by atoms with Crippen molar-refractivity contribution in [3.8, 4) is 5.75 Å². The SMILES string of the molecule is COc1ccc2c(=O)c(C=C3NC(=O)NC3=O)coc2c1. The van der Waals surface area contributed by atoms with E-state index in [4.69, 9.17) is 9.15 Å². The number of urea groups is 1. The molecule has 3 amide bonds. The van der Waals surface area contributed by atoms with Crippen LogP contribution in [0.1, 0.15) is 5.56 Å². The third-order valence-electron chi connectivity index (χ3n) is 3.03. The van der Waals surface area contributed by atoms with Crippen LogP contribution < -0.4 is 20.8 Å². The van der Waals surface area contributed by atoms with Gasteiger partial charge in [-0.3, -0.25) is 14.9 Å². The first kappa shape index (κ1) is 12.9. The van der Waals surface area contributed by atoms with Crippen molar-refractivity contribution in [1.29, 1.82) is 0 Å². The van der Waals surface area contributed by atoms with Crippen molar-refractivity contribution in [2.24, 2.45) is 0 Å². The lowest BCUT2D eigenvalue weighted by molar-refractivity contribution is -0.115. The summed E-state index contributed by atoms with van der Waals surface area (Å²) < 4.78 is 10.4. The number of ether oxygens (including phenoxy) is 1. The molecule has 0 bridgehead atoms. The van der Waals surface area contributed by atoms with Crippen molar-refractivity contribution in [3.05, 3.63) is 45.9 Å². The van der Waals surface area contributed by atoms with Crippen LogP contribution in [-0.2, 0) is 4.79 Å². The van der Waals surface area contributed by atoms with Crippen molar-refractivity contribution < 1.29 is 18.7 Å². The number of rotatable bonds is 2. The zero-order chi connectivity index (χ0) is 15.0. The zero-order valence-corrected chi connectivity index (χ0v) is 10.9. The van der Waals surface area contributed by atoms with E-state index in [9.17, 15) is 14.4 Å². The molecule has 0 atom stereocenters. The monoisotopic (exact) mass is 286 g/mol. The van der Waals surface area contributed by atoms with Gasteiger partial charge in [-0.1, -0.05) is 0 Å². The topological polar surface area (TPSA) is 97.6 Å². The van der Waals surface area contributed by atoms with E-state index in [2.05, 4.69) is 10.6 Å². The Morgan fingerprint density at radius 1 is 1.19 bits per heavy atom. The fourth-order valence-electron chi connectivity index (χ4n) is 1.99. The van der Waals surface area contributed by atoms with Gasteiger partial charge in [0.25, 0.3) is 5.91 Å². The molecule has 1 aliphatic rings. The summed E-state index contributed by atoms with van der Waals surface area (Å²) in [5.41, 5.74) is 0.238. The van der Waals surface area contributed by atoms with E-state index in [1.807, 2.05) is 0 Å². The molecule has 1 saturated heterocycles. The van der Waals surface area contributed by atoms with Crippen molar-refractivity contribution in [1.82, 2.24) is 10.6 Å². The number of fused-ring (bicyclic) bond motifs is 1. The highest BCUT2D eigenvalue weighted by molar-refractivity contribution is 6.14. The quantitative estimate of drug-likeness (QED) is 0.633. The van der Waals surface area contributed by atoms with Gasteiger partial charge < -0.3 is 14.5 Å². The summed E-state index contributed by atoms with van der Waals surface area (Å²) >= 11 is 0. The number of benzene rings is 1. The first-order valence-corrected chi connectivity index (χ1v) is 6.02. The number of methoxy groups -OCH3 is 1. The van der Waals surface area contributed by atoms with Crippen LogP contribution in [0.15, 0.2) is 39.4 Å². The van der Waals surface area contributed by atoms with Crippen LogP contribution in [0.25, 0.3) is 17.0 Å². The lowest BCUT2D eigenvalue weighted by Crippen LogP contribution is -2.22. The molecule has 0 radical (unpaired) electrons. The number of amides is 3. The van der Waals surface area contributed by atoms with Gasteiger partial charge in [0, 0.05) is 6.07 Å². The van der Waals surface area contributed by atoms with Crippen molar-refractivity contribution in [2.45, 2.75) is 0 Å². The van der Waals surface area contributed by atoms with Gasteiger partial charge in [-0.2, -0.15) is 0 Å². The number of nitrogens with one attached hydrogen (secondary N) is 2. The van der Waals surface area contributed by atoms with E-state index in [0.717, 1.165) is 0 Å². The second-order valence-corrected chi connectivity index (χ2v) is 4.35. The summed E-state index contributed by atoms with van der Waals surface area (Å²) in [7, 11) is 1.51. The molecule has 21 heavy (non-hydrogen) atoms. The molecule has 2 heterocycles. The van der Waals surface area contributed by atoms with Crippen LogP contribution in [0.2, 0.25) is 0 Å². The van der Waals surface area contributed by atoms with Gasteiger partial charge in [-0.25, -0.2) is 4.79 Å². The Kier molecular flexibility index (Phi) is 2.94. The van der Waals surface area contributed by atoms with Crippen molar-refractivity contribution in [3.63, 3.8) is 0 Å². The average molecular weight is 286 g/mol. The highest BCUT2D eigenvalue weighted by atomic mass is 16.5. The molecule has 1 aromatic heterocycles. The zero-order valence-electron chi connectivity index (χ0n) is 10.9. The van der Waals surface area contributed by atoms with Crippen LogP contribution in [0.3, 0.4) is 0 Å². The van der Waals surface area contributed by atoms with Crippen LogP contribution >= 0.6 is 0 Å². The van der Waals surface area contributed by atoms with Crippen LogP contribution in [0.5, 0.6) is 5.75 Å². The number of hydrogen-bond donors (Lipinski definition) is 2. The third-order valence-corrected chi connectivity index (χ3v) is 3.03. The normalized spacial score (nSPS) is 16.1. The Hall–Kier alpha value is -3.09. The molecular weight excluding hydrogens is 276 g/mol. The molecule has 1 aromatic carbocycles. The predicted octanol–water partition coefficient (Wildman–Crippen LogP) is 0.982. The summed E-state index contributed by atoms with van der Waals surface area (Å²) in [5.74, 6) is -0.0200. The highest BCUT2D eigenvalue weighted by Crippen LogP contribution is 2.19. The molecule has 0 saturated carbocycles. The maximum atomic E-state index is 12.3. The molecule has 0 aliphatic carbocycles. The Morgan fingerprint density at radius 3 is 2.67 bits per heavy atom. The molecule has 2 aromatic rings. The minimum Gasteiger partial charge on any atom is -0.497 e. The largest absolute Gasteiger partial charge is 0.497 e. The Bertz CT molecular complexity index is 850. The second-order valence-electron chi connectivity index (χ2n) is 4.35. The van der Waals surface area contributed by atoms with E-state index in [0.29, 0.717) is 16.7 Å². The molecule has 7 nitrogen and oxygen atoms in total. The number of carbonyl (C=O) groups excluding carboxylic acids is 2. The first-order valence-electron chi connectivity index (χ1n) is 6.02. The number of carbonyl (C=O) groups is 2. The summed E-state index contributed by atoms with van der Waals surface area (Å²) in [5, 5.41) is 4.72. The summed E-state index contributed by atoms with van der Waals surface area (Å²) in [4.78, 5) is 34.8. The molecule has 7 heteroatoms. The van der Waals surface area contributed by atoms with E-state index in [-0.39, 0.29) is 16.7 Å². The molecular formula is C14H10N2O5. The van der Waals surface area contributed by atoms with Crippen LogP contribution in [-0.4, -0.2) is 19.0 Å². The fraction of sp³-hybridized carbons (Fsp3) is 0.0714. The van der Waals surface area contributed by atoms with Crippen molar-refractivity contribution in [2.75, 3.05) is 7.11 Å². The van der Waals surface area contributed by atoms with Crippen LogP contribution in [0.4, 0.5) is 4.79 Å². The molecule has 106 valence electrons. The van der Waals surface area contributed by atoms with E-state index in [1.54, 1.807) is 18.2 Å². The highest BCUT2D eigenvalue weighted by Gasteiger charge is 2.23. The second kappa shape index (κ2) is 4.78. The minimum atomic E-state index is -0.624. The lowest BCUT2D eigenvalue weighted by Gasteiger charge is -2.02. The lowest BCUT2D eigenvalue weighted by atomic mass is 10.1. The van der Waals surface area contributed by atoms with Gasteiger partial charge in [0.05, 0.1) is 18.1 Å². The number of imide groups is 1. The van der Waals surface area contributed by atoms with E-state index >= 15 is 0 Å². The molecule has 3 rings (SSSR count). The standard InChI is InChI=1S/C14H10N2O5/c1-20-8-2-3-9-11(5-8)21-6-7(12(9)17)4-10-13(18)16-14(19)15-10/h2-6H,1H3,(H2,15,16,18,19). The Morgan fingerprint density at radius 2 is 2.00 bits per heavy atom. The number of hydrogen-bond acceptors (Lipinski definition) is 5. The molecule has 2 N–H and O–H groups in total. The summed E-state index contributed by atoms with van der Waals surface area (Å²) in [6.07, 6.45) is 2.50. The maximum absolute atomic E-state index is 12.3. The van der Waals surface area contributed by atoms with E-state index < -0.39 is 11.9 Å². The van der Waals surface area contributed by atoms with Gasteiger partial charge in [-0.05, 0) is 18.2 Å². The van der Waals surface area contributed by atoms with Gasteiger partial charge in [0.15, 0.2) is 5.43 Å². The fourth-order valence-corrected chi connectivity index (χ4v) is 1.99. The van der Waals surface area contributed by atoms with E-state index in [1.165, 1.54) is 19.4 Å². The van der Waals surface area contributed by atoms with Crippen molar-refractivity contribution >= 4 is 29.0 Å². The summed E-state index contributed by atoms with van der Waals surface area (Å²) in [6, 6.07) is 4.19. The van der Waals surface area contributed by atoms with Crippen LogP contribution in [0, 0.1) is 0 Å². The molecule has 1 aliphatic heterocycles. The third kappa shape index (κ3) is 2.25. The minimum absolute atomic E-state index is 0.000150. The van der Waals surface area contributed by atoms with Gasteiger partial charge in [0.1, 0.15) is 23.3 Å². The Labute approximate surface area is 118 Å². The van der Waals surface area contributed by atoms with Gasteiger partial charge in [0.2, 0.25) is 0 Å². The molecule has 0 spiro atoms. The molecule has 1 fully saturated rings. The first-order chi connectivity index (χ1) is 10.1. The smallest absolute Gasteiger partial charge is 0.326 e. The summed E-state index contributed by atoms with van der Waals surface area (Å²) in [6.45, 7) is 0. The predicted molar refractivity (Wildman–Crippen MR) is 73.7 cm³/mol. The Balaban J connectivity index is 2.11. The van der Waals surface area contributed by atoms with Gasteiger partial charge in [-0.15, -0.1) is 0 Å². The van der Waals surface area contributed by atoms with Gasteiger partial charge >= 0.3 is 6.03 Å². The average Bonchev–Trinajstić information content (AvgIpc) is 2.79. The molecule has 0 unspecified atom stereocenters. The maximum Gasteiger partial charge on any atom is 0.326 e.